The van der Waals surface area contributed by atoms with Crippen LogP contribution in [0.25, 0.3) is 0 Å². The zero-order valence-electron chi connectivity index (χ0n) is 1.91. The minimum Gasteiger partial charge on any atom is -0.137 e. The fourth-order valence-electron chi connectivity index (χ4n) is 0. The van der Waals surface area contributed by atoms with Gasteiger partial charge in [-0.2, -0.15) is 0 Å². The van der Waals surface area contributed by atoms with E-state index in [-0.39, 0.29) is 25.1 Å². The van der Waals surface area contributed by atoms with Crippen molar-refractivity contribution in [1.29, 1.82) is 0 Å². The largest absolute Gasteiger partial charge is 0.137 e. The Labute approximate surface area is 45.2 Å². The van der Waals surface area contributed by atoms with Gasteiger partial charge in [0.15, 0.2) is 0 Å². The van der Waals surface area contributed by atoms with Crippen LogP contribution in [0.1, 0.15) is 25.1 Å². The summed E-state index contributed by atoms with van der Waals surface area (Å²) in [5.41, 5.74) is 2.25. The fourth-order valence-corrected chi connectivity index (χ4v) is 0. The van der Waals surface area contributed by atoms with E-state index in [4.69, 9.17) is 0 Å². The predicted octanol–water partition coefficient (Wildman–Crippen LogP) is 3.36. The zero-order valence-corrected chi connectivity index (χ0v) is 1.91. The molecule has 44 valence electrons. The van der Waals surface area contributed by atoms with E-state index in [2.05, 4.69) is 18.9 Å². The third-order valence-electron chi connectivity index (χ3n) is 0. The predicted molar refractivity (Wildman–Crippen MR) is 39.2 cm³/mol. The quantitative estimate of drug-likeness (QED) is 0.402. The Morgan fingerprint density at radius 1 is 1.00 bits per heavy atom. The van der Waals surface area contributed by atoms with Gasteiger partial charge in [0.25, 0.3) is 0 Å². The molecule has 0 N–H and O–H groups in total. The summed E-state index contributed by atoms with van der Waals surface area (Å²) in [6.07, 6.45) is 0. The molecule has 0 fully saturated rings. The van der Waals surface area contributed by atoms with E-state index in [0.717, 1.165) is 0 Å². The van der Waals surface area contributed by atoms with Gasteiger partial charge in [-0.15, -0.1) is 5.73 Å². The first-order chi connectivity index (χ1) is 1.41. The summed E-state index contributed by atoms with van der Waals surface area (Å²) < 4.78 is 0. The molecule has 0 bridgehead atoms. The van der Waals surface area contributed by atoms with Crippen LogP contribution >= 0.6 is 0 Å². The molecule has 0 heterocycles. The van der Waals surface area contributed by atoms with Crippen molar-refractivity contribution < 1.29 is 2.85 Å². The van der Waals surface area contributed by atoms with Gasteiger partial charge in [-0.3, -0.25) is 0 Å². The number of rotatable bonds is 0. The van der Waals surface area contributed by atoms with Gasteiger partial charge < -0.3 is 0 Å². The number of hydrogen-bond acceptors (Lipinski definition) is 0. The summed E-state index contributed by atoms with van der Waals surface area (Å²) in [4.78, 5) is 0. The summed E-state index contributed by atoms with van der Waals surface area (Å²) >= 11 is 0. The summed E-state index contributed by atoms with van der Waals surface area (Å²) in [6, 6.07) is 0. The maximum atomic E-state index is 3.12. The third kappa shape index (κ3) is 97.0. The van der Waals surface area contributed by atoms with Gasteiger partial charge in [-0.25, -0.2) is 0 Å². The van der Waals surface area contributed by atoms with E-state index >= 15 is 0 Å². The molecule has 0 radical (unpaired) electrons. The van der Waals surface area contributed by atoms with E-state index in [1.165, 1.54) is 0 Å². The third-order valence-corrected chi connectivity index (χ3v) is 0. The first-order valence-corrected chi connectivity index (χ1v) is 0.707. The van der Waals surface area contributed by atoms with Crippen LogP contribution in [0.15, 0.2) is 18.9 Å². The van der Waals surface area contributed by atoms with Crippen molar-refractivity contribution in [2.24, 2.45) is 0 Å². The highest BCUT2D eigenvalue weighted by atomic mass is 13.0. The van der Waals surface area contributed by atoms with E-state index < -0.39 is 0 Å². The van der Waals surface area contributed by atoms with Gasteiger partial charge in [-0.1, -0.05) is 35.4 Å². The highest BCUT2D eigenvalue weighted by Crippen LogP contribution is 1.16. The van der Waals surface area contributed by atoms with E-state index in [1.807, 2.05) is 0 Å². The topological polar surface area (TPSA) is 0 Å². The molecule has 0 aliphatic heterocycles. The second kappa shape index (κ2) is 207. The Bertz CT molecular complexity index is 27.5. The highest BCUT2D eigenvalue weighted by molar-refractivity contribution is 4.51. The lowest BCUT2D eigenvalue weighted by molar-refractivity contribution is 2.50. The second-order valence-corrected chi connectivity index (χ2v) is 0.250. The van der Waals surface area contributed by atoms with Crippen LogP contribution in [0.2, 0.25) is 0 Å². The van der Waals surface area contributed by atoms with E-state index in [1.54, 1.807) is 0 Å². The normalized spacial score (nSPS) is 1.33. The minimum atomic E-state index is 0. The molecule has 0 aliphatic carbocycles. The molecule has 0 heteroatoms. The van der Waals surface area contributed by atoms with Crippen molar-refractivity contribution in [3.8, 4) is 0 Å². The maximum absolute atomic E-state index is 3.12. The summed E-state index contributed by atoms with van der Waals surface area (Å²) in [7, 11) is 0. The van der Waals surface area contributed by atoms with Gasteiger partial charge >= 0.3 is 0 Å². The van der Waals surface area contributed by atoms with Gasteiger partial charge in [0, 0.05) is 2.85 Å². The molecule has 0 rings (SSSR count). The van der Waals surface area contributed by atoms with Crippen molar-refractivity contribution in [3.63, 3.8) is 0 Å². The fraction of sp³-hybridized carbons (Fsp3) is 0.500. The summed E-state index contributed by atoms with van der Waals surface area (Å²) in [6.45, 7) is 6.25. The van der Waals surface area contributed by atoms with Crippen molar-refractivity contribution in [1.82, 2.24) is 0 Å². The standard InChI is InChI=1S/C3H4.3CH4.2H2/c1-3-2;;;;;/h1-2H2;3*1H4;2*1H. The average Bonchev–Trinajstić information content (AvgIpc) is 0.918. The molecule has 0 aromatic heterocycles. The van der Waals surface area contributed by atoms with E-state index in [9.17, 15) is 0 Å². The zero-order chi connectivity index (χ0) is 2.71. The molecule has 0 saturated carbocycles. The lowest BCUT2D eigenvalue weighted by Gasteiger charge is -1.10. The Hall–Kier alpha value is -0.480. The molecule has 0 atom stereocenters. The van der Waals surface area contributed by atoms with Crippen LogP contribution in [0.5, 0.6) is 0 Å². The molecule has 0 unspecified atom stereocenters. The summed E-state index contributed by atoms with van der Waals surface area (Å²) in [5, 5.41) is 0. The lowest BCUT2D eigenvalue weighted by Crippen LogP contribution is -0.844. The maximum Gasteiger partial charge on any atom is 0 e. The van der Waals surface area contributed by atoms with Gasteiger partial charge in [0.2, 0.25) is 0 Å². The van der Waals surface area contributed by atoms with Crippen molar-refractivity contribution in [2.45, 2.75) is 22.3 Å². The second-order valence-electron chi connectivity index (χ2n) is 0.250. The first kappa shape index (κ1) is 48.8. The van der Waals surface area contributed by atoms with Crippen molar-refractivity contribution in [2.75, 3.05) is 0 Å². The van der Waals surface area contributed by atoms with E-state index in [0.29, 0.717) is 0 Å². The van der Waals surface area contributed by atoms with Crippen molar-refractivity contribution >= 4 is 0 Å². The molecule has 0 aromatic carbocycles. The molecule has 0 aromatic rings. The Kier molecular flexibility index (Phi) is 1680. The van der Waals surface area contributed by atoms with Crippen LogP contribution in [0.4, 0.5) is 0 Å². The summed E-state index contributed by atoms with van der Waals surface area (Å²) in [5.74, 6) is 0. The van der Waals surface area contributed by atoms with Crippen LogP contribution in [-0.4, -0.2) is 0 Å². The molecule has 0 amide bonds. The lowest BCUT2D eigenvalue weighted by atomic mass is 11.0. The van der Waals surface area contributed by atoms with Gasteiger partial charge in [0.1, 0.15) is 0 Å². The minimum absolute atomic E-state index is 0. The average molecular weight is 92.2 g/mol. The Morgan fingerprint density at radius 2 is 1.00 bits per heavy atom. The SMILES string of the molecule is C.C.C.C=C=C.[HH].[HH]. The van der Waals surface area contributed by atoms with Crippen LogP contribution in [-0.2, 0) is 0 Å². The van der Waals surface area contributed by atoms with Crippen LogP contribution in [0, 0.1) is 0 Å². The molecule has 0 nitrogen and oxygen atoms in total. The monoisotopic (exact) mass is 92.2 g/mol. The smallest absolute Gasteiger partial charge is 0 e. The molecule has 0 saturated heterocycles. The molecular formula is C6H20. The van der Waals surface area contributed by atoms with Gasteiger partial charge in [0.05, 0.1) is 0 Å². The molecular weight excluding hydrogens is 72.1 g/mol. The van der Waals surface area contributed by atoms with Crippen LogP contribution < -0.4 is 0 Å². The molecule has 6 heavy (non-hydrogen) atoms. The molecule has 0 spiro atoms. The number of hydrogen-bond donors (Lipinski definition) is 0. The highest BCUT2D eigenvalue weighted by Gasteiger charge is 0.904. The Morgan fingerprint density at radius 3 is 1.00 bits per heavy atom. The first-order valence-electron chi connectivity index (χ1n) is 0.707. The van der Waals surface area contributed by atoms with Crippen LogP contribution in [0.3, 0.4) is 0 Å². The molecule has 0 aliphatic rings. The van der Waals surface area contributed by atoms with Gasteiger partial charge in [-0.05, 0) is 0 Å². The Balaban J connectivity index is -0.00000000200. The van der Waals surface area contributed by atoms with Crippen molar-refractivity contribution in [3.05, 3.63) is 18.9 Å².